The van der Waals surface area contributed by atoms with E-state index in [0.29, 0.717) is 24.0 Å². The van der Waals surface area contributed by atoms with Crippen LogP contribution in [0.15, 0.2) is 30.6 Å². The highest BCUT2D eigenvalue weighted by molar-refractivity contribution is 5.96. The summed E-state index contributed by atoms with van der Waals surface area (Å²) in [5.41, 5.74) is 2.98. The molecule has 0 N–H and O–H groups in total. The first kappa shape index (κ1) is 19.2. The standard InChI is InChI=1S/C23H26N4O3/c1-14(2)30-20-16(8-18(28)17-7-5-6-15(3)24-17)9-27-10-19(25-21(27)26-20)23-11-22(4,12-23)29-13-23/h5-7,9-10,14H,8,11-13H2,1-4H3. The quantitative estimate of drug-likeness (QED) is 0.584. The molecule has 30 heavy (non-hydrogen) atoms. The number of aryl methyl sites for hydroxylation is 1. The zero-order chi connectivity index (χ0) is 21.1. The van der Waals surface area contributed by atoms with Gasteiger partial charge in [0, 0.05) is 35.5 Å². The van der Waals surface area contributed by atoms with Gasteiger partial charge in [-0.15, -0.1) is 0 Å². The molecule has 1 aliphatic carbocycles. The minimum Gasteiger partial charge on any atom is -0.475 e. The van der Waals surface area contributed by atoms with E-state index < -0.39 is 0 Å². The largest absolute Gasteiger partial charge is 0.475 e. The maximum absolute atomic E-state index is 12.9. The molecule has 7 nitrogen and oxygen atoms in total. The zero-order valence-corrected chi connectivity index (χ0v) is 17.8. The van der Waals surface area contributed by atoms with Crippen LogP contribution < -0.4 is 4.74 Å². The van der Waals surface area contributed by atoms with Gasteiger partial charge in [-0.3, -0.25) is 14.2 Å². The number of nitrogens with zero attached hydrogens (tertiary/aromatic N) is 4. The van der Waals surface area contributed by atoms with E-state index in [4.69, 9.17) is 14.5 Å². The summed E-state index contributed by atoms with van der Waals surface area (Å²) in [6, 6.07) is 5.47. The molecule has 0 radical (unpaired) electrons. The number of ketones is 1. The summed E-state index contributed by atoms with van der Waals surface area (Å²) in [7, 11) is 0. The number of carbonyl (C=O) groups excluding carboxylic acids is 1. The Labute approximate surface area is 175 Å². The van der Waals surface area contributed by atoms with Gasteiger partial charge in [-0.2, -0.15) is 4.98 Å². The maximum Gasteiger partial charge on any atom is 0.237 e. The van der Waals surface area contributed by atoms with Crippen LogP contribution in [-0.2, 0) is 16.6 Å². The fourth-order valence-electron chi connectivity index (χ4n) is 4.76. The van der Waals surface area contributed by atoms with Crippen molar-refractivity contribution in [1.82, 2.24) is 19.4 Å². The molecule has 3 aromatic rings. The van der Waals surface area contributed by atoms with Gasteiger partial charge in [0.25, 0.3) is 0 Å². The summed E-state index contributed by atoms with van der Waals surface area (Å²) in [5, 5.41) is 0. The lowest BCUT2D eigenvalue weighted by Gasteiger charge is -2.41. The molecular weight excluding hydrogens is 380 g/mol. The monoisotopic (exact) mass is 406 g/mol. The molecule has 7 heteroatoms. The van der Waals surface area contributed by atoms with Gasteiger partial charge in [-0.25, -0.2) is 4.98 Å². The molecule has 6 rings (SSSR count). The molecule has 2 aliphatic heterocycles. The van der Waals surface area contributed by atoms with E-state index in [1.807, 2.05) is 49.7 Å². The summed E-state index contributed by atoms with van der Waals surface area (Å²) in [6.07, 6.45) is 6.02. The molecule has 1 saturated carbocycles. The molecule has 3 aromatic heterocycles. The molecule has 3 aliphatic rings. The normalized spacial score (nSPS) is 25.0. The van der Waals surface area contributed by atoms with Gasteiger partial charge >= 0.3 is 0 Å². The molecule has 156 valence electrons. The third-order valence-electron chi connectivity index (χ3n) is 6.02. The third kappa shape index (κ3) is 3.17. The van der Waals surface area contributed by atoms with Gasteiger partial charge in [0.2, 0.25) is 11.7 Å². The Morgan fingerprint density at radius 2 is 2.03 bits per heavy atom. The van der Waals surface area contributed by atoms with Crippen molar-refractivity contribution >= 4 is 11.6 Å². The minimum atomic E-state index is -0.0636. The van der Waals surface area contributed by atoms with Gasteiger partial charge < -0.3 is 9.47 Å². The molecule has 3 fully saturated rings. The smallest absolute Gasteiger partial charge is 0.237 e. The van der Waals surface area contributed by atoms with Crippen molar-refractivity contribution in [2.75, 3.05) is 6.61 Å². The van der Waals surface area contributed by atoms with Gasteiger partial charge in [0.05, 0.1) is 24.0 Å². The van der Waals surface area contributed by atoms with Crippen molar-refractivity contribution in [2.45, 2.75) is 64.1 Å². The molecule has 0 spiro atoms. The highest BCUT2D eigenvalue weighted by Crippen LogP contribution is 2.58. The molecule has 0 aromatic carbocycles. The number of pyridine rings is 1. The van der Waals surface area contributed by atoms with Crippen LogP contribution in [0.1, 0.15) is 61.1 Å². The molecule has 0 unspecified atom stereocenters. The second-order valence-corrected chi connectivity index (χ2v) is 9.21. The Morgan fingerprint density at radius 1 is 1.23 bits per heavy atom. The molecule has 0 amide bonds. The number of rotatable bonds is 6. The number of hydrogen-bond donors (Lipinski definition) is 0. The van der Waals surface area contributed by atoms with Crippen molar-refractivity contribution < 1.29 is 14.3 Å². The Morgan fingerprint density at radius 3 is 2.70 bits per heavy atom. The second-order valence-electron chi connectivity index (χ2n) is 9.21. The van der Waals surface area contributed by atoms with Gasteiger partial charge in [-0.1, -0.05) is 6.07 Å². The third-order valence-corrected chi connectivity index (χ3v) is 6.02. The highest BCUT2D eigenvalue weighted by Gasteiger charge is 2.61. The van der Waals surface area contributed by atoms with Crippen LogP contribution in [0.25, 0.3) is 5.78 Å². The number of hydrogen-bond acceptors (Lipinski definition) is 6. The summed E-state index contributed by atoms with van der Waals surface area (Å²) < 4.78 is 13.8. The van der Waals surface area contributed by atoms with Crippen LogP contribution in [0.3, 0.4) is 0 Å². The SMILES string of the molecule is Cc1cccc(C(=O)Cc2cn3cc(C45COC(C)(C4)C5)nc3nc2OC(C)C)n1. The van der Waals surface area contributed by atoms with E-state index in [1.54, 1.807) is 6.07 Å². The van der Waals surface area contributed by atoms with E-state index in [-0.39, 0.29) is 29.3 Å². The number of aromatic nitrogens is 4. The average molecular weight is 406 g/mol. The summed E-state index contributed by atoms with van der Waals surface area (Å²) in [5.74, 6) is 0.973. The first-order chi connectivity index (χ1) is 14.3. The lowest BCUT2D eigenvalue weighted by atomic mass is 9.62. The fraction of sp³-hybridized carbons (Fsp3) is 0.478. The lowest BCUT2D eigenvalue weighted by molar-refractivity contribution is 0.0154. The van der Waals surface area contributed by atoms with Crippen molar-refractivity contribution in [1.29, 1.82) is 0 Å². The molecule has 5 heterocycles. The maximum atomic E-state index is 12.9. The predicted molar refractivity (Wildman–Crippen MR) is 111 cm³/mol. The summed E-state index contributed by atoms with van der Waals surface area (Å²) in [4.78, 5) is 26.7. The number of fused-ring (bicyclic) bond motifs is 2. The second kappa shape index (κ2) is 6.60. The van der Waals surface area contributed by atoms with E-state index in [0.717, 1.165) is 29.8 Å². The summed E-state index contributed by atoms with van der Waals surface area (Å²) >= 11 is 0. The number of Topliss-reactive ketones (excluding diaryl/α,β-unsaturated/α-hetero) is 1. The molecule has 2 saturated heterocycles. The first-order valence-electron chi connectivity index (χ1n) is 10.4. The Kier molecular flexibility index (Phi) is 4.22. The molecule has 0 atom stereocenters. The minimum absolute atomic E-state index is 0.00641. The van der Waals surface area contributed by atoms with E-state index >= 15 is 0 Å². The highest BCUT2D eigenvalue weighted by atomic mass is 16.5. The van der Waals surface area contributed by atoms with E-state index in [9.17, 15) is 4.79 Å². The van der Waals surface area contributed by atoms with Crippen LogP contribution in [0.4, 0.5) is 0 Å². The molecular formula is C23H26N4O3. The van der Waals surface area contributed by atoms with Crippen LogP contribution in [0, 0.1) is 6.92 Å². The number of ether oxygens (including phenoxy) is 2. The van der Waals surface area contributed by atoms with Crippen LogP contribution in [0.2, 0.25) is 0 Å². The van der Waals surface area contributed by atoms with Gasteiger partial charge in [-0.05, 0) is 52.7 Å². The van der Waals surface area contributed by atoms with Crippen LogP contribution in [0.5, 0.6) is 5.88 Å². The summed E-state index contributed by atoms with van der Waals surface area (Å²) in [6.45, 7) is 8.63. The first-order valence-corrected chi connectivity index (χ1v) is 10.4. The predicted octanol–water partition coefficient (Wildman–Crippen LogP) is 3.47. The Bertz CT molecular complexity index is 1140. The van der Waals surface area contributed by atoms with Crippen LogP contribution >= 0.6 is 0 Å². The lowest BCUT2D eigenvalue weighted by Crippen LogP contribution is -2.45. The number of imidazole rings is 1. The van der Waals surface area contributed by atoms with Crippen LogP contribution in [-0.4, -0.2) is 43.4 Å². The van der Waals surface area contributed by atoms with Crippen molar-refractivity contribution in [3.63, 3.8) is 0 Å². The number of carbonyl (C=O) groups is 1. The van der Waals surface area contributed by atoms with E-state index in [1.165, 1.54) is 0 Å². The van der Waals surface area contributed by atoms with Gasteiger partial charge in [0.1, 0.15) is 5.69 Å². The van der Waals surface area contributed by atoms with Crippen molar-refractivity contribution in [3.05, 3.63) is 53.2 Å². The Balaban J connectivity index is 1.50. The van der Waals surface area contributed by atoms with Gasteiger partial charge in [0.15, 0.2) is 5.78 Å². The molecule has 2 bridgehead atoms. The fourth-order valence-corrected chi connectivity index (χ4v) is 4.76. The van der Waals surface area contributed by atoms with Crippen molar-refractivity contribution in [3.8, 4) is 5.88 Å². The van der Waals surface area contributed by atoms with Crippen molar-refractivity contribution in [2.24, 2.45) is 0 Å². The topological polar surface area (TPSA) is 78.6 Å². The zero-order valence-electron chi connectivity index (χ0n) is 17.8. The average Bonchev–Trinajstić information content (AvgIpc) is 3.32. The Hall–Kier alpha value is -2.80. The van der Waals surface area contributed by atoms with E-state index in [2.05, 4.69) is 16.9 Å².